The molecule has 3 heterocycles. The van der Waals surface area contributed by atoms with Crippen molar-refractivity contribution in [1.29, 1.82) is 0 Å². The predicted octanol–water partition coefficient (Wildman–Crippen LogP) is 5.18. The zero-order chi connectivity index (χ0) is 27.5. The molecule has 198 valence electrons. The number of benzene rings is 3. The molecule has 0 N–H and O–H groups in total. The Kier molecular flexibility index (Phi) is 6.95. The fourth-order valence-corrected chi connectivity index (χ4v) is 5.16. The molecule has 0 bridgehead atoms. The lowest BCUT2D eigenvalue weighted by molar-refractivity contribution is 0.340. The lowest BCUT2D eigenvalue weighted by Crippen LogP contribution is -2.23. The minimum atomic E-state index is -0.227. The number of thiazole rings is 1. The molecule has 8 nitrogen and oxygen atoms in total. The Hall–Kier alpha value is -5.02. The van der Waals surface area contributed by atoms with Gasteiger partial charge in [-0.15, -0.1) is 5.10 Å². The van der Waals surface area contributed by atoms with E-state index in [0.29, 0.717) is 28.5 Å². The SMILES string of the molecule is C=CCOc1ccc(-c2nc3sc(=Cc4cn(-c5ccccc5)nc4-c4ccc(OCC)cc4)c(=O)n3n2)cc1. The van der Waals surface area contributed by atoms with Gasteiger partial charge in [0.1, 0.15) is 23.8 Å². The van der Waals surface area contributed by atoms with E-state index in [9.17, 15) is 4.79 Å². The normalized spacial score (nSPS) is 11.7. The van der Waals surface area contributed by atoms with Crippen LogP contribution in [0.4, 0.5) is 0 Å². The van der Waals surface area contributed by atoms with Crippen LogP contribution in [-0.2, 0) is 0 Å². The number of ether oxygens (including phenoxy) is 2. The van der Waals surface area contributed by atoms with Gasteiger partial charge in [0.05, 0.1) is 16.8 Å². The van der Waals surface area contributed by atoms with Crippen molar-refractivity contribution in [2.45, 2.75) is 6.92 Å². The van der Waals surface area contributed by atoms with Crippen LogP contribution in [0.2, 0.25) is 0 Å². The number of para-hydroxylation sites is 1. The Morgan fingerprint density at radius 1 is 0.900 bits per heavy atom. The number of aromatic nitrogens is 5. The van der Waals surface area contributed by atoms with Gasteiger partial charge >= 0.3 is 0 Å². The summed E-state index contributed by atoms with van der Waals surface area (Å²) in [6, 6.07) is 25.1. The number of nitrogens with zero attached hydrogens (tertiary/aromatic N) is 5. The van der Waals surface area contributed by atoms with E-state index in [1.54, 1.807) is 6.08 Å². The summed E-state index contributed by atoms with van der Waals surface area (Å²) < 4.78 is 14.8. The summed E-state index contributed by atoms with van der Waals surface area (Å²) in [4.78, 5) is 18.5. The summed E-state index contributed by atoms with van der Waals surface area (Å²) in [5.41, 5.74) is 3.97. The Labute approximate surface area is 234 Å². The molecule has 0 amide bonds. The molecule has 0 aliphatic heterocycles. The first kappa shape index (κ1) is 25.3. The van der Waals surface area contributed by atoms with Crippen molar-refractivity contribution in [3.05, 3.63) is 118 Å². The first-order valence-electron chi connectivity index (χ1n) is 12.8. The summed E-state index contributed by atoms with van der Waals surface area (Å²) >= 11 is 1.29. The van der Waals surface area contributed by atoms with E-state index in [4.69, 9.17) is 14.6 Å². The third kappa shape index (κ3) is 5.02. The Balaban J connectivity index is 1.39. The average molecular weight is 548 g/mol. The van der Waals surface area contributed by atoms with Gasteiger partial charge in [-0.1, -0.05) is 42.2 Å². The van der Waals surface area contributed by atoms with Gasteiger partial charge in [0, 0.05) is 22.9 Å². The number of hydrogen-bond donors (Lipinski definition) is 0. The van der Waals surface area contributed by atoms with Gasteiger partial charge < -0.3 is 9.47 Å². The first-order valence-corrected chi connectivity index (χ1v) is 13.6. The summed E-state index contributed by atoms with van der Waals surface area (Å²) in [6.45, 7) is 6.64. The lowest BCUT2D eigenvalue weighted by Gasteiger charge is -2.04. The molecule has 3 aromatic heterocycles. The van der Waals surface area contributed by atoms with Crippen molar-refractivity contribution in [2.24, 2.45) is 0 Å². The van der Waals surface area contributed by atoms with Gasteiger partial charge in [0.25, 0.3) is 5.56 Å². The predicted molar refractivity (Wildman–Crippen MR) is 157 cm³/mol. The maximum Gasteiger partial charge on any atom is 0.291 e. The number of rotatable bonds is 9. The van der Waals surface area contributed by atoms with Crippen LogP contribution in [0.3, 0.4) is 0 Å². The molecule has 0 saturated carbocycles. The quantitative estimate of drug-likeness (QED) is 0.232. The van der Waals surface area contributed by atoms with Crippen molar-refractivity contribution in [2.75, 3.05) is 13.2 Å². The van der Waals surface area contributed by atoms with Crippen molar-refractivity contribution in [1.82, 2.24) is 24.4 Å². The van der Waals surface area contributed by atoms with Crippen molar-refractivity contribution in [3.8, 4) is 39.8 Å². The lowest BCUT2D eigenvalue weighted by atomic mass is 10.1. The Bertz CT molecular complexity index is 1890. The molecule has 0 fully saturated rings. The van der Waals surface area contributed by atoms with E-state index in [2.05, 4.69) is 16.7 Å². The molecular weight excluding hydrogens is 522 g/mol. The zero-order valence-electron chi connectivity index (χ0n) is 21.7. The molecule has 0 unspecified atom stereocenters. The van der Waals surface area contributed by atoms with Crippen LogP contribution in [0.15, 0.2) is 103 Å². The topological polar surface area (TPSA) is 83.5 Å². The minimum Gasteiger partial charge on any atom is -0.494 e. The Morgan fingerprint density at radius 2 is 1.60 bits per heavy atom. The van der Waals surface area contributed by atoms with Crippen LogP contribution in [0.25, 0.3) is 39.4 Å². The Morgan fingerprint density at radius 3 is 2.27 bits per heavy atom. The molecule has 0 atom stereocenters. The zero-order valence-corrected chi connectivity index (χ0v) is 22.5. The standard InChI is InChI=1S/C31H25N5O3S/c1-3-18-39-26-16-12-22(13-17-26)29-32-31-36(34-29)30(37)27(40-31)19-23-20-35(24-8-6-5-7-9-24)33-28(23)21-10-14-25(15-11-21)38-4-2/h3,5-17,19-20H,1,4,18H2,2H3. The maximum absolute atomic E-state index is 13.4. The molecule has 0 saturated heterocycles. The van der Waals surface area contributed by atoms with E-state index in [1.165, 1.54) is 15.9 Å². The molecule has 0 aliphatic carbocycles. The van der Waals surface area contributed by atoms with E-state index >= 15 is 0 Å². The van der Waals surface area contributed by atoms with Crippen LogP contribution < -0.4 is 19.6 Å². The van der Waals surface area contributed by atoms with Crippen LogP contribution in [0.1, 0.15) is 12.5 Å². The molecular formula is C31H25N5O3S. The smallest absolute Gasteiger partial charge is 0.291 e. The molecule has 6 aromatic rings. The highest BCUT2D eigenvalue weighted by atomic mass is 32.1. The maximum atomic E-state index is 13.4. The van der Waals surface area contributed by atoms with Gasteiger partial charge in [-0.3, -0.25) is 4.79 Å². The molecule has 9 heteroatoms. The fourth-order valence-electron chi connectivity index (χ4n) is 4.26. The van der Waals surface area contributed by atoms with Crippen LogP contribution in [0.5, 0.6) is 11.5 Å². The molecule has 0 radical (unpaired) electrons. The highest BCUT2D eigenvalue weighted by Gasteiger charge is 2.15. The van der Waals surface area contributed by atoms with E-state index < -0.39 is 0 Å². The highest BCUT2D eigenvalue weighted by Crippen LogP contribution is 2.27. The second-order valence-corrected chi connectivity index (χ2v) is 9.85. The summed E-state index contributed by atoms with van der Waals surface area (Å²) in [6.07, 6.45) is 5.47. The fraction of sp³-hybridized carbons (Fsp3) is 0.0968. The van der Waals surface area contributed by atoms with E-state index in [1.807, 2.05) is 103 Å². The van der Waals surface area contributed by atoms with Gasteiger partial charge in [-0.05, 0) is 73.7 Å². The van der Waals surface area contributed by atoms with Gasteiger partial charge in [0.15, 0.2) is 5.82 Å². The second-order valence-electron chi connectivity index (χ2n) is 8.84. The van der Waals surface area contributed by atoms with Crippen molar-refractivity contribution < 1.29 is 9.47 Å². The third-order valence-corrected chi connectivity index (χ3v) is 7.11. The molecule has 0 aliphatic rings. The van der Waals surface area contributed by atoms with Crippen LogP contribution >= 0.6 is 11.3 Å². The molecule has 40 heavy (non-hydrogen) atoms. The van der Waals surface area contributed by atoms with Gasteiger partial charge in [-0.25, -0.2) is 4.68 Å². The van der Waals surface area contributed by atoms with E-state index in [0.717, 1.165) is 39.6 Å². The van der Waals surface area contributed by atoms with Crippen LogP contribution in [0, 0.1) is 0 Å². The highest BCUT2D eigenvalue weighted by molar-refractivity contribution is 7.15. The summed E-state index contributed by atoms with van der Waals surface area (Å²) in [5, 5.41) is 9.36. The molecule has 0 spiro atoms. The van der Waals surface area contributed by atoms with Gasteiger partial charge in [0.2, 0.25) is 4.96 Å². The second kappa shape index (κ2) is 11.0. The first-order chi connectivity index (χ1) is 19.6. The van der Waals surface area contributed by atoms with Crippen LogP contribution in [-0.4, -0.2) is 37.6 Å². The largest absolute Gasteiger partial charge is 0.494 e. The monoisotopic (exact) mass is 547 g/mol. The average Bonchev–Trinajstić information content (AvgIpc) is 3.68. The third-order valence-electron chi connectivity index (χ3n) is 6.15. The van der Waals surface area contributed by atoms with Gasteiger partial charge in [-0.2, -0.15) is 14.6 Å². The van der Waals surface area contributed by atoms with Crippen molar-refractivity contribution in [3.63, 3.8) is 0 Å². The molecule has 6 rings (SSSR count). The number of hydrogen-bond acceptors (Lipinski definition) is 7. The van der Waals surface area contributed by atoms with Crippen molar-refractivity contribution >= 4 is 22.4 Å². The summed E-state index contributed by atoms with van der Waals surface area (Å²) in [5.74, 6) is 2.00. The number of fused-ring (bicyclic) bond motifs is 1. The van der Waals surface area contributed by atoms with E-state index in [-0.39, 0.29) is 5.56 Å². The summed E-state index contributed by atoms with van der Waals surface area (Å²) in [7, 11) is 0. The molecule has 3 aromatic carbocycles. The minimum absolute atomic E-state index is 0.227.